The number of hydrogen-bond donors (Lipinski definition) is 2. The number of hydrogen-bond acceptors (Lipinski definition) is 7. The number of rotatable bonds is 7. The summed E-state index contributed by atoms with van der Waals surface area (Å²) < 4.78 is 36.6. The average Bonchev–Trinajstić information content (AvgIpc) is 3.10. The highest BCUT2D eigenvalue weighted by atomic mass is 32.2. The summed E-state index contributed by atoms with van der Waals surface area (Å²) >= 11 is 0.942. The third-order valence-electron chi connectivity index (χ3n) is 3.34. The summed E-state index contributed by atoms with van der Waals surface area (Å²) in [6.45, 7) is 1.35. The predicted octanol–water partition coefficient (Wildman–Crippen LogP) is 1.77. The minimum atomic E-state index is -4.05. The second-order valence-corrected chi connectivity index (χ2v) is 7.83. The number of thiophene rings is 1. The van der Waals surface area contributed by atoms with E-state index in [1.165, 1.54) is 18.6 Å². The van der Waals surface area contributed by atoms with Gasteiger partial charge in [0.2, 0.25) is 15.9 Å². The summed E-state index contributed by atoms with van der Waals surface area (Å²) in [5, 5.41) is 4.05. The van der Waals surface area contributed by atoms with Crippen molar-refractivity contribution in [3.8, 4) is 5.75 Å². The fourth-order valence-corrected chi connectivity index (χ4v) is 4.42. The molecule has 1 amide bonds. The molecule has 0 atom stereocenters. The van der Waals surface area contributed by atoms with Crippen LogP contribution in [0, 0.1) is 6.92 Å². The summed E-state index contributed by atoms with van der Waals surface area (Å²) in [6.07, 6.45) is 0. The number of methoxy groups -OCH3 is 2. The van der Waals surface area contributed by atoms with Crippen LogP contribution in [0.3, 0.4) is 0 Å². The van der Waals surface area contributed by atoms with Gasteiger partial charge in [0.05, 0.1) is 26.5 Å². The molecule has 10 heteroatoms. The van der Waals surface area contributed by atoms with Crippen LogP contribution in [-0.2, 0) is 19.6 Å². The van der Waals surface area contributed by atoms with Crippen molar-refractivity contribution in [3.63, 3.8) is 0 Å². The first-order valence-corrected chi connectivity index (χ1v) is 9.74. The summed E-state index contributed by atoms with van der Waals surface area (Å²) in [7, 11) is -1.42. The lowest BCUT2D eigenvalue weighted by Crippen LogP contribution is -2.33. The molecule has 0 radical (unpaired) electrons. The zero-order chi connectivity index (χ0) is 19.3. The van der Waals surface area contributed by atoms with Gasteiger partial charge in [-0.25, -0.2) is 17.9 Å². The minimum absolute atomic E-state index is 0.0549. The fraction of sp³-hybridized carbons (Fsp3) is 0.250. The topological polar surface area (TPSA) is 111 Å². The lowest BCUT2D eigenvalue weighted by Gasteiger charge is -2.11. The Labute approximate surface area is 155 Å². The maximum Gasteiger partial charge on any atom is 0.349 e. The number of nitrogens with one attached hydrogen (secondary N) is 2. The number of aryl methyl sites for hydroxylation is 1. The summed E-state index contributed by atoms with van der Waals surface area (Å²) in [6, 6.07) is 6.51. The molecule has 0 aliphatic carbocycles. The molecule has 26 heavy (non-hydrogen) atoms. The number of anilines is 1. The Kier molecular flexibility index (Phi) is 6.35. The number of esters is 1. The Bertz CT molecular complexity index is 921. The zero-order valence-corrected chi connectivity index (χ0v) is 16.0. The van der Waals surface area contributed by atoms with Gasteiger partial charge in [-0.3, -0.25) is 4.79 Å². The smallest absolute Gasteiger partial charge is 0.349 e. The fourth-order valence-electron chi connectivity index (χ4n) is 2.10. The van der Waals surface area contributed by atoms with Crippen LogP contribution in [0.25, 0.3) is 0 Å². The first-order chi connectivity index (χ1) is 12.3. The molecule has 8 nitrogen and oxygen atoms in total. The number of amides is 1. The average molecular weight is 398 g/mol. The van der Waals surface area contributed by atoms with E-state index in [1.807, 2.05) is 13.0 Å². The molecule has 1 aromatic carbocycles. The highest BCUT2D eigenvalue weighted by Crippen LogP contribution is 2.25. The van der Waals surface area contributed by atoms with Crippen LogP contribution in [0.1, 0.15) is 15.2 Å². The van der Waals surface area contributed by atoms with Crippen LogP contribution in [0.5, 0.6) is 5.75 Å². The van der Waals surface area contributed by atoms with Gasteiger partial charge in [-0.2, -0.15) is 0 Å². The molecule has 0 fully saturated rings. The van der Waals surface area contributed by atoms with Gasteiger partial charge in [-0.1, -0.05) is 6.07 Å². The van der Waals surface area contributed by atoms with E-state index in [9.17, 15) is 18.0 Å². The summed E-state index contributed by atoms with van der Waals surface area (Å²) in [5.41, 5.74) is 1.34. The lowest BCUT2D eigenvalue weighted by molar-refractivity contribution is -0.115. The number of carbonyl (C=O) groups excluding carboxylic acids is 2. The van der Waals surface area contributed by atoms with Gasteiger partial charge in [0.1, 0.15) is 15.5 Å². The molecule has 2 N–H and O–H groups in total. The zero-order valence-electron chi connectivity index (χ0n) is 14.4. The molecular formula is C16H18N2O6S2. The minimum Gasteiger partial charge on any atom is -0.495 e. The molecule has 0 aliphatic heterocycles. The molecule has 0 saturated heterocycles. The monoisotopic (exact) mass is 398 g/mol. The third kappa shape index (κ3) is 4.59. The van der Waals surface area contributed by atoms with Crippen molar-refractivity contribution >= 4 is 38.9 Å². The molecule has 2 aromatic rings. The number of benzene rings is 1. The second-order valence-electron chi connectivity index (χ2n) is 5.18. The first kappa shape index (κ1) is 19.9. The van der Waals surface area contributed by atoms with Crippen molar-refractivity contribution in [1.82, 2.24) is 4.72 Å². The van der Waals surface area contributed by atoms with Crippen molar-refractivity contribution in [2.45, 2.75) is 11.8 Å². The summed E-state index contributed by atoms with van der Waals surface area (Å²) in [4.78, 5) is 23.4. The molecule has 0 bridgehead atoms. The van der Waals surface area contributed by atoms with Crippen molar-refractivity contribution in [2.24, 2.45) is 0 Å². The van der Waals surface area contributed by atoms with Gasteiger partial charge < -0.3 is 14.8 Å². The van der Waals surface area contributed by atoms with E-state index in [1.54, 1.807) is 12.1 Å². The Morgan fingerprint density at radius 2 is 1.92 bits per heavy atom. The standard InChI is InChI=1S/C16H18N2O6S2/c1-10-4-5-12(23-2)11(8-10)18-14(19)9-17-26(21,22)13-6-7-25-15(13)16(20)24-3/h4-8,17H,9H2,1-3H3,(H,18,19). The second kappa shape index (κ2) is 8.30. The molecular weight excluding hydrogens is 380 g/mol. The van der Waals surface area contributed by atoms with Crippen LogP contribution in [0.15, 0.2) is 34.5 Å². The molecule has 140 valence electrons. The predicted molar refractivity (Wildman–Crippen MR) is 97.2 cm³/mol. The van der Waals surface area contributed by atoms with Crippen molar-refractivity contribution in [1.29, 1.82) is 0 Å². The SMILES string of the molecule is COC(=O)c1sccc1S(=O)(=O)NCC(=O)Nc1cc(C)ccc1OC. The highest BCUT2D eigenvalue weighted by Gasteiger charge is 2.25. The van der Waals surface area contributed by atoms with Crippen LogP contribution in [0.4, 0.5) is 5.69 Å². The maximum atomic E-state index is 12.4. The van der Waals surface area contributed by atoms with Gasteiger partial charge in [0.15, 0.2) is 0 Å². The molecule has 1 heterocycles. The summed E-state index contributed by atoms with van der Waals surface area (Å²) in [5.74, 6) is -0.876. The Morgan fingerprint density at radius 1 is 1.19 bits per heavy atom. The van der Waals surface area contributed by atoms with Gasteiger partial charge in [-0.05, 0) is 36.1 Å². The molecule has 2 rings (SSSR count). The first-order valence-electron chi connectivity index (χ1n) is 7.38. The largest absolute Gasteiger partial charge is 0.495 e. The van der Waals surface area contributed by atoms with E-state index < -0.39 is 28.4 Å². The van der Waals surface area contributed by atoms with E-state index in [4.69, 9.17) is 4.74 Å². The lowest BCUT2D eigenvalue weighted by atomic mass is 10.2. The van der Waals surface area contributed by atoms with Crippen LogP contribution in [-0.4, -0.2) is 41.1 Å². The Morgan fingerprint density at radius 3 is 2.58 bits per heavy atom. The third-order valence-corrected chi connectivity index (χ3v) is 5.81. The molecule has 0 spiro atoms. The van der Waals surface area contributed by atoms with Crippen LogP contribution < -0.4 is 14.8 Å². The molecule has 1 aromatic heterocycles. The van der Waals surface area contributed by atoms with Gasteiger partial charge in [0.25, 0.3) is 0 Å². The van der Waals surface area contributed by atoms with Gasteiger partial charge in [-0.15, -0.1) is 11.3 Å². The quantitative estimate of drug-likeness (QED) is 0.688. The van der Waals surface area contributed by atoms with Crippen LogP contribution in [0.2, 0.25) is 0 Å². The van der Waals surface area contributed by atoms with E-state index in [-0.39, 0.29) is 9.77 Å². The number of ether oxygens (including phenoxy) is 2. The van der Waals surface area contributed by atoms with Crippen molar-refractivity contribution in [3.05, 3.63) is 40.1 Å². The normalized spacial score (nSPS) is 11.0. The van der Waals surface area contributed by atoms with E-state index in [2.05, 4.69) is 14.8 Å². The van der Waals surface area contributed by atoms with Crippen molar-refractivity contribution < 1.29 is 27.5 Å². The number of carbonyl (C=O) groups is 2. The molecule has 0 aliphatic rings. The Balaban J connectivity index is 2.09. The van der Waals surface area contributed by atoms with E-state index in [0.29, 0.717) is 11.4 Å². The van der Waals surface area contributed by atoms with E-state index >= 15 is 0 Å². The highest BCUT2D eigenvalue weighted by molar-refractivity contribution is 7.89. The van der Waals surface area contributed by atoms with Gasteiger partial charge >= 0.3 is 5.97 Å². The van der Waals surface area contributed by atoms with Crippen LogP contribution >= 0.6 is 11.3 Å². The van der Waals surface area contributed by atoms with Gasteiger partial charge in [0, 0.05) is 0 Å². The molecule has 0 unspecified atom stereocenters. The maximum absolute atomic E-state index is 12.4. The number of sulfonamides is 1. The Hall–Kier alpha value is -2.43. The van der Waals surface area contributed by atoms with Crippen molar-refractivity contribution in [2.75, 3.05) is 26.1 Å². The van der Waals surface area contributed by atoms with E-state index in [0.717, 1.165) is 24.0 Å². The molecule has 0 saturated carbocycles.